The predicted molar refractivity (Wildman–Crippen MR) is 172 cm³/mol. The van der Waals surface area contributed by atoms with Gasteiger partial charge >= 0.3 is 0 Å². The molecular formula is C30H33Cl2F2N5O6S. The zero-order valence-electron chi connectivity index (χ0n) is 25.4. The molecule has 0 radical (unpaired) electrons. The summed E-state index contributed by atoms with van der Waals surface area (Å²) in [5.41, 5.74) is -0.291. The van der Waals surface area contributed by atoms with Crippen LogP contribution >= 0.6 is 23.2 Å². The van der Waals surface area contributed by atoms with Crippen molar-refractivity contribution < 1.29 is 31.5 Å². The van der Waals surface area contributed by atoms with Crippen LogP contribution in [0.2, 0.25) is 10.0 Å². The highest BCUT2D eigenvalue weighted by atomic mass is 35.5. The van der Waals surface area contributed by atoms with E-state index in [1.807, 2.05) is 18.6 Å². The van der Waals surface area contributed by atoms with E-state index in [0.717, 1.165) is 12.3 Å². The molecule has 0 unspecified atom stereocenters. The van der Waals surface area contributed by atoms with Gasteiger partial charge in [-0.05, 0) is 37.6 Å². The number of methoxy groups -OCH3 is 1. The third kappa shape index (κ3) is 6.94. The van der Waals surface area contributed by atoms with Crippen molar-refractivity contribution >= 4 is 61.6 Å². The Morgan fingerprint density at radius 2 is 1.78 bits per heavy atom. The maximum Gasteiger partial charge on any atom is 0.257 e. The van der Waals surface area contributed by atoms with Crippen LogP contribution < -0.4 is 25.1 Å². The molecule has 0 spiro atoms. The molecule has 2 aromatic carbocycles. The first kappa shape index (κ1) is 33.9. The number of ether oxygens (including phenoxy) is 1. The van der Waals surface area contributed by atoms with Crippen molar-refractivity contribution in [3.8, 4) is 5.75 Å². The van der Waals surface area contributed by atoms with E-state index in [0.29, 0.717) is 15.6 Å². The SMILES string of the molecule is COc1c(N2C[C@@H](C)N(CC(=O)NS(C)(=O)=O)[C@@H](C)C2)c(F)cc2c(=O)c(C(=O)NCc3ccc(Cl)cc3Cl)cn([C@H]3C[C@H]3F)c12. The number of halogens is 4. The van der Waals surface area contributed by atoms with E-state index < -0.39 is 45.3 Å². The Hall–Kier alpha value is -3.46. The second-order valence-corrected chi connectivity index (χ2v) is 14.3. The molecule has 1 aliphatic heterocycles. The van der Waals surface area contributed by atoms with E-state index in [1.54, 1.807) is 21.9 Å². The first-order valence-corrected chi connectivity index (χ1v) is 17.1. The number of piperazine rings is 1. The maximum atomic E-state index is 16.1. The molecular weight excluding hydrogens is 667 g/mol. The lowest BCUT2D eigenvalue weighted by molar-refractivity contribution is -0.121. The van der Waals surface area contributed by atoms with Gasteiger partial charge in [-0.2, -0.15) is 0 Å². The number of rotatable bonds is 9. The minimum absolute atomic E-state index is 0.00812. The summed E-state index contributed by atoms with van der Waals surface area (Å²) in [6.07, 6.45) is 1.07. The highest BCUT2D eigenvalue weighted by Crippen LogP contribution is 2.45. The smallest absolute Gasteiger partial charge is 0.257 e. The lowest BCUT2D eigenvalue weighted by Gasteiger charge is -2.45. The van der Waals surface area contributed by atoms with Crippen molar-refractivity contribution in [3.63, 3.8) is 0 Å². The van der Waals surface area contributed by atoms with Crippen LogP contribution in [0.3, 0.4) is 0 Å². The Balaban J connectivity index is 1.51. The van der Waals surface area contributed by atoms with Gasteiger partial charge in [-0.3, -0.25) is 24.0 Å². The molecule has 0 bridgehead atoms. The molecule has 2 aliphatic rings. The van der Waals surface area contributed by atoms with Crippen LogP contribution in [0.15, 0.2) is 35.3 Å². The van der Waals surface area contributed by atoms with Gasteiger partial charge < -0.3 is 19.5 Å². The van der Waals surface area contributed by atoms with E-state index >= 15 is 4.39 Å². The van der Waals surface area contributed by atoms with E-state index in [4.69, 9.17) is 27.9 Å². The Labute approximate surface area is 274 Å². The highest BCUT2D eigenvalue weighted by Gasteiger charge is 2.42. The number of nitrogens with one attached hydrogen (secondary N) is 2. The summed E-state index contributed by atoms with van der Waals surface area (Å²) >= 11 is 12.2. The molecule has 1 aliphatic carbocycles. The average Bonchev–Trinajstić information content (AvgIpc) is 3.69. The highest BCUT2D eigenvalue weighted by molar-refractivity contribution is 7.89. The number of sulfonamides is 1. The van der Waals surface area contributed by atoms with Gasteiger partial charge in [0.2, 0.25) is 21.4 Å². The zero-order valence-corrected chi connectivity index (χ0v) is 27.8. The minimum atomic E-state index is -3.73. The lowest BCUT2D eigenvalue weighted by atomic mass is 10.0. The summed E-state index contributed by atoms with van der Waals surface area (Å²) in [4.78, 5) is 42.8. The summed E-state index contributed by atoms with van der Waals surface area (Å²) < 4.78 is 62.8. The van der Waals surface area contributed by atoms with Crippen LogP contribution in [-0.2, 0) is 21.4 Å². The fraction of sp³-hybridized carbons (Fsp3) is 0.433. The fourth-order valence-electron chi connectivity index (χ4n) is 5.99. The van der Waals surface area contributed by atoms with Crippen LogP contribution in [0.25, 0.3) is 10.9 Å². The number of carbonyl (C=O) groups is 2. The average molecular weight is 701 g/mol. The van der Waals surface area contributed by atoms with Crippen molar-refractivity contribution in [3.05, 3.63) is 67.7 Å². The summed E-state index contributed by atoms with van der Waals surface area (Å²) in [5, 5.41) is 3.24. The van der Waals surface area contributed by atoms with Crippen LogP contribution in [0.4, 0.5) is 14.5 Å². The number of nitrogens with zero attached hydrogens (tertiary/aromatic N) is 3. The summed E-state index contributed by atoms with van der Waals surface area (Å²) in [5.74, 6) is -2.21. The van der Waals surface area contributed by atoms with Gasteiger partial charge in [-0.25, -0.2) is 17.2 Å². The molecule has 5 rings (SSSR count). The molecule has 2 heterocycles. The first-order chi connectivity index (χ1) is 21.6. The molecule has 16 heteroatoms. The quantitative estimate of drug-likeness (QED) is 0.347. The molecule has 2 amide bonds. The number of benzene rings is 2. The molecule has 1 saturated heterocycles. The molecule has 3 aromatic rings. The summed E-state index contributed by atoms with van der Waals surface area (Å²) in [6, 6.07) is 4.45. The second kappa shape index (κ2) is 13.0. The number of carbonyl (C=O) groups excluding carboxylic acids is 2. The standard InChI is InChI=1S/C30H33Cl2F2N5O6S/c1-15-11-37(12-16(2)38(15)14-25(40)36-46(4,43)44)27-23(34)8-19-26(29(27)45-3)39(24-9-22(24)33)13-20(28(19)41)30(42)35-10-17-5-6-18(31)7-21(17)32/h5-8,13,15-16,22,24H,9-12,14H2,1-4H3,(H,35,42)(H,36,40)/t15-,16+,22-,24+/m1/s1. The second-order valence-electron chi connectivity index (χ2n) is 11.7. The number of anilines is 1. The van der Waals surface area contributed by atoms with Crippen molar-refractivity contribution in [2.24, 2.45) is 0 Å². The van der Waals surface area contributed by atoms with Gasteiger partial charge in [-0.1, -0.05) is 29.3 Å². The molecule has 4 atom stereocenters. The number of amides is 2. The Kier molecular flexibility index (Phi) is 9.56. The van der Waals surface area contributed by atoms with Gasteiger partial charge in [0.25, 0.3) is 5.91 Å². The number of pyridine rings is 1. The van der Waals surface area contributed by atoms with Crippen molar-refractivity contribution in [1.29, 1.82) is 0 Å². The van der Waals surface area contributed by atoms with E-state index in [9.17, 15) is 27.2 Å². The van der Waals surface area contributed by atoms with Crippen LogP contribution in [-0.4, -0.2) is 81.0 Å². The van der Waals surface area contributed by atoms with E-state index in [2.05, 4.69) is 5.32 Å². The summed E-state index contributed by atoms with van der Waals surface area (Å²) in [7, 11) is -2.41. The molecule has 1 aromatic heterocycles. The number of alkyl halides is 1. The molecule has 1 saturated carbocycles. The Morgan fingerprint density at radius 1 is 1.13 bits per heavy atom. The Bertz CT molecular complexity index is 1880. The van der Waals surface area contributed by atoms with E-state index in [1.165, 1.54) is 23.9 Å². The summed E-state index contributed by atoms with van der Waals surface area (Å²) in [6.45, 7) is 3.88. The van der Waals surface area contributed by atoms with Gasteiger partial charge in [0.15, 0.2) is 11.6 Å². The number of aromatic nitrogens is 1. The molecule has 248 valence electrons. The minimum Gasteiger partial charge on any atom is -0.492 e. The normalized spacial score (nSPS) is 21.7. The number of hydrogen-bond acceptors (Lipinski definition) is 8. The topological polar surface area (TPSA) is 130 Å². The molecule has 46 heavy (non-hydrogen) atoms. The molecule has 2 fully saturated rings. The van der Waals surface area contributed by atoms with Gasteiger partial charge in [0, 0.05) is 54.4 Å². The van der Waals surface area contributed by atoms with Gasteiger partial charge in [0.1, 0.15) is 17.4 Å². The maximum absolute atomic E-state index is 16.1. The Morgan fingerprint density at radius 3 is 2.35 bits per heavy atom. The van der Waals surface area contributed by atoms with Gasteiger partial charge in [0.05, 0.1) is 36.9 Å². The van der Waals surface area contributed by atoms with Gasteiger partial charge in [-0.15, -0.1) is 0 Å². The van der Waals surface area contributed by atoms with Crippen LogP contribution in [0.5, 0.6) is 5.75 Å². The zero-order chi connectivity index (χ0) is 33.7. The molecule has 11 nitrogen and oxygen atoms in total. The largest absolute Gasteiger partial charge is 0.492 e. The first-order valence-electron chi connectivity index (χ1n) is 14.4. The monoisotopic (exact) mass is 699 g/mol. The molecule has 2 N–H and O–H groups in total. The van der Waals surface area contributed by atoms with Crippen molar-refractivity contribution in [2.75, 3.05) is 37.9 Å². The lowest BCUT2D eigenvalue weighted by Crippen LogP contribution is -2.59. The number of fused-ring (bicyclic) bond motifs is 1. The van der Waals surface area contributed by atoms with Crippen molar-refractivity contribution in [2.45, 2.75) is 51.1 Å². The third-order valence-corrected chi connectivity index (χ3v) is 9.37. The predicted octanol–water partition coefficient (Wildman–Crippen LogP) is 3.64. The third-order valence-electron chi connectivity index (χ3n) is 8.18. The number of hydrogen-bond donors (Lipinski definition) is 2. The van der Waals surface area contributed by atoms with Crippen LogP contribution in [0, 0.1) is 5.82 Å². The van der Waals surface area contributed by atoms with Crippen molar-refractivity contribution in [1.82, 2.24) is 19.5 Å². The van der Waals surface area contributed by atoms with E-state index in [-0.39, 0.29) is 72.6 Å². The van der Waals surface area contributed by atoms with Crippen LogP contribution in [0.1, 0.15) is 42.2 Å². The fourth-order valence-corrected chi connectivity index (χ4v) is 6.94.